The number of nitrogens with one attached hydrogen (secondary N) is 1. The van der Waals surface area contributed by atoms with Crippen molar-refractivity contribution in [3.8, 4) is 11.5 Å². The summed E-state index contributed by atoms with van der Waals surface area (Å²) in [4.78, 5) is 27.7. The Hall–Kier alpha value is -3.27. The number of benzene rings is 2. The van der Waals surface area contributed by atoms with Crippen LogP contribution in [0.15, 0.2) is 42.5 Å². The lowest BCUT2D eigenvalue weighted by molar-refractivity contribution is -0.139. The van der Waals surface area contributed by atoms with Gasteiger partial charge >= 0.3 is 0 Å². The van der Waals surface area contributed by atoms with Gasteiger partial charge in [0.25, 0.3) is 0 Å². The Labute approximate surface area is 208 Å². The molecule has 1 atom stereocenters. The molecule has 0 spiro atoms. The van der Waals surface area contributed by atoms with Gasteiger partial charge in [-0.1, -0.05) is 29.8 Å². The minimum Gasteiger partial charge on any atom is -0.493 e. The monoisotopic (exact) mass is 505 g/mol. The third kappa shape index (κ3) is 7.61. The molecule has 192 valence electrons. The van der Waals surface area contributed by atoms with E-state index in [4.69, 9.17) is 9.47 Å². The highest BCUT2D eigenvalue weighted by Crippen LogP contribution is 2.32. The zero-order valence-electron chi connectivity index (χ0n) is 21.4. The fourth-order valence-corrected chi connectivity index (χ4v) is 4.43. The first-order valence-electron chi connectivity index (χ1n) is 11.2. The van der Waals surface area contributed by atoms with Crippen LogP contribution < -0.4 is 19.1 Å². The SMILES string of the molecule is COc1ccc(N(CC(=O)N(Cc2cccc(C)c2)[C@@H](C)C(=O)NC(C)C)S(C)(=O)=O)cc1OC. The molecule has 9 nitrogen and oxygen atoms in total. The van der Waals surface area contributed by atoms with Crippen molar-refractivity contribution in [2.24, 2.45) is 0 Å². The average Bonchev–Trinajstić information content (AvgIpc) is 2.78. The number of anilines is 1. The van der Waals surface area contributed by atoms with Crippen molar-refractivity contribution in [3.63, 3.8) is 0 Å². The van der Waals surface area contributed by atoms with Crippen LogP contribution in [0.4, 0.5) is 5.69 Å². The molecule has 0 heterocycles. The number of methoxy groups -OCH3 is 2. The van der Waals surface area contributed by atoms with Crippen molar-refractivity contribution in [2.45, 2.75) is 46.3 Å². The number of rotatable bonds is 11. The van der Waals surface area contributed by atoms with E-state index in [0.29, 0.717) is 11.5 Å². The Morgan fingerprint density at radius 1 is 1.00 bits per heavy atom. The van der Waals surface area contributed by atoms with E-state index >= 15 is 0 Å². The highest BCUT2D eigenvalue weighted by Gasteiger charge is 2.30. The molecule has 0 bridgehead atoms. The number of carbonyl (C=O) groups excluding carboxylic acids is 2. The average molecular weight is 506 g/mol. The number of sulfonamides is 1. The summed E-state index contributed by atoms with van der Waals surface area (Å²) < 4.78 is 36.9. The Kier molecular flexibility index (Phi) is 9.53. The summed E-state index contributed by atoms with van der Waals surface area (Å²) in [5, 5.41) is 2.82. The van der Waals surface area contributed by atoms with Gasteiger partial charge in [-0.05, 0) is 45.4 Å². The molecule has 0 saturated heterocycles. The van der Waals surface area contributed by atoms with E-state index in [0.717, 1.165) is 21.7 Å². The molecule has 2 rings (SSSR count). The molecule has 0 aliphatic carbocycles. The van der Waals surface area contributed by atoms with Gasteiger partial charge in [-0.25, -0.2) is 8.42 Å². The van der Waals surface area contributed by atoms with E-state index in [9.17, 15) is 18.0 Å². The summed E-state index contributed by atoms with van der Waals surface area (Å²) in [7, 11) is -0.932. The highest BCUT2D eigenvalue weighted by atomic mass is 32.2. The maximum Gasteiger partial charge on any atom is 0.244 e. The van der Waals surface area contributed by atoms with Gasteiger partial charge in [0.1, 0.15) is 12.6 Å². The minimum atomic E-state index is -3.85. The van der Waals surface area contributed by atoms with Gasteiger partial charge in [-0.3, -0.25) is 13.9 Å². The molecular weight excluding hydrogens is 470 g/mol. The normalized spacial score (nSPS) is 12.1. The number of hydrogen-bond donors (Lipinski definition) is 1. The topological polar surface area (TPSA) is 105 Å². The third-order valence-corrected chi connectivity index (χ3v) is 6.51. The number of aryl methyl sites for hydroxylation is 1. The van der Waals surface area contributed by atoms with Crippen LogP contribution in [0.2, 0.25) is 0 Å². The van der Waals surface area contributed by atoms with Gasteiger partial charge in [-0.2, -0.15) is 0 Å². The van der Waals surface area contributed by atoms with Crippen LogP contribution in [-0.2, 0) is 26.2 Å². The van der Waals surface area contributed by atoms with Crippen molar-refractivity contribution < 1.29 is 27.5 Å². The second-order valence-electron chi connectivity index (χ2n) is 8.66. The molecule has 0 aliphatic heterocycles. The highest BCUT2D eigenvalue weighted by molar-refractivity contribution is 7.92. The molecule has 0 saturated carbocycles. The summed E-state index contributed by atoms with van der Waals surface area (Å²) in [6.45, 7) is 6.90. The quantitative estimate of drug-likeness (QED) is 0.504. The Balaban J connectivity index is 2.44. The van der Waals surface area contributed by atoms with Crippen LogP contribution in [0.3, 0.4) is 0 Å². The van der Waals surface area contributed by atoms with Gasteiger partial charge in [0, 0.05) is 18.7 Å². The molecule has 2 amide bonds. The van der Waals surface area contributed by atoms with Gasteiger partial charge in [-0.15, -0.1) is 0 Å². The summed E-state index contributed by atoms with van der Waals surface area (Å²) in [5.41, 5.74) is 2.09. The summed E-state index contributed by atoms with van der Waals surface area (Å²) in [5.74, 6) is -0.0837. The maximum atomic E-state index is 13.6. The molecule has 0 fully saturated rings. The second kappa shape index (κ2) is 11.9. The van der Waals surface area contributed by atoms with Crippen molar-refractivity contribution in [1.29, 1.82) is 0 Å². The van der Waals surface area contributed by atoms with E-state index in [1.807, 2.05) is 45.0 Å². The first kappa shape index (κ1) is 28.0. The molecular formula is C25H35N3O6S. The molecule has 0 unspecified atom stereocenters. The smallest absolute Gasteiger partial charge is 0.244 e. The fraction of sp³-hybridized carbons (Fsp3) is 0.440. The van der Waals surface area contributed by atoms with Crippen molar-refractivity contribution in [1.82, 2.24) is 10.2 Å². The Morgan fingerprint density at radius 2 is 1.66 bits per heavy atom. The molecule has 35 heavy (non-hydrogen) atoms. The summed E-state index contributed by atoms with van der Waals surface area (Å²) in [6, 6.07) is 11.3. The van der Waals surface area contributed by atoms with Crippen LogP contribution in [0, 0.1) is 6.92 Å². The van der Waals surface area contributed by atoms with Crippen LogP contribution >= 0.6 is 0 Å². The number of hydrogen-bond acceptors (Lipinski definition) is 6. The van der Waals surface area contributed by atoms with Crippen LogP contribution in [0.25, 0.3) is 0 Å². The largest absolute Gasteiger partial charge is 0.493 e. The molecule has 1 N–H and O–H groups in total. The fourth-order valence-electron chi connectivity index (χ4n) is 3.59. The maximum absolute atomic E-state index is 13.6. The second-order valence-corrected chi connectivity index (χ2v) is 10.6. The van der Waals surface area contributed by atoms with Crippen LogP contribution in [0.1, 0.15) is 31.9 Å². The third-order valence-electron chi connectivity index (χ3n) is 5.37. The number of amides is 2. The Bertz CT molecular complexity index is 1150. The zero-order chi connectivity index (χ0) is 26.3. The number of nitrogens with zero attached hydrogens (tertiary/aromatic N) is 2. The lowest BCUT2D eigenvalue weighted by Crippen LogP contribution is -2.52. The predicted molar refractivity (Wildman–Crippen MR) is 136 cm³/mol. The number of carbonyl (C=O) groups is 2. The van der Waals surface area contributed by atoms with Crippen LogP contribution in [0.5, 0.6) is 11.5 Å². The van der Waals surface area contributed by atoms with E-state index in [1.165, 1.54) is 31.3 Å². The van der Waals surface area contributed by atoms with Crippen LogP contribution in [-0.4, -0.2) is 64.2 Å². The minimum absolute atomic E-state index is 0.111. The predicted octanol–water partition coefficient (Wildman–Crippen LogP) is 2.72. The first-order valence-corrected chi connectivity index (χ1v) is 13.1. The lowest BCUT2D eigenvalue weighted by Gasteiger charge is -2.32. The molecule has 2 aromatic carbocycles. The molecule has 2 aromatic rings. The standard InChI is InChI=1S/C25H35N3O6S/c1-17(2)26-25(30)19(4)27(15-20-10-8-9-18(3)13-20)24(29)16-28(35(7,31)32)21-11-12-22(33-5)23(14-21)34-6/h8-14,17,19H,15-16H2,1-7H3,(H,26,30)/t19-/m0/s1. The van der Waals surface area contributed by atoms with Crippen molar-refractivity contribution in [2.75, 3.05) is 31.3 Å². The zero-order valence-corrected chi connectivity index (χ0v) is 22.2. The summed E-state index contributed by atoms with van der Waals surface area (Å²) in [6.07, 6.45) is 1.02. The Morgan fingerprint density at radius 3 is 2.20 bits per heavy atom. The molecule has 0 aliphatic rings. The van der Waals surface area contributed by atoms with E-state index in [2.05, 4.69) is 5.32 Å². The van der Waals surface area contributed by atoms with Gasteiger partial charge in [0.05, 0.1) is 26.2 Å². The molecule has 10 heteroatoms. The first-order chi connectivity index (χ1) is 16.4. The molecule has 0 radical (unpaired) electrons. The van der Waals surface area contributed by atoms with Gasteiger partial charge in [0.15, 0.2) is 11.5 Å². The summed E-state index contributed by atoms with van der Waals surface area (Å²) >= 11 is 0. The van der Waals surface area contributed by atoms with E-state index in [1.54, 1.807) is 13.0 Å². The van der Waals surface area contributed by atoms with Crippen molar-refractivity contribution in [3.05, 3.63) is 53.6 Å². The van der Waals surface area contributed by atoms with Gasteiger partial charge in [0.2, 0.25) is 21.8 Å². The van der Waals surface area contributed by atoms with Gasteiger partial charge < -0.3 is 19.7 Å². The van der Waals surface area contributed by atoms with E-state index in [-0.39, 0.29) is 24.2 Å². The number of ether oxygens (including phenoxy) is 2. The lowest BCUT2D eigenvalue weighted by atomic mass is 10.1. The van der Waals surface area contributed by atoms with E-state index < -0.39 is 28.5 Å². The molecule has 0 aromatic heterocycles. The van der Waals surface area contributed by atoms with Crippen molar-refractivity contribution >= 4 is 27.5 Å².